The molecule has 27 heavy (non-hydrogen) atoms. The van der Waals surface area contributed by atoms with E-state index in [1.807, 2.05) is 12.1 Å². The molecule has 0 radical (unpaired) electrons. The molecule has 1 aliphatic rings. The molecule has 0 spiro atoms. The second kappa shape index (κ2) is 8.86. The molecule has 6 heteroatoms. The van der Waals surface area contributed by atoms with Crippen molar-refractivity contribution in [1.82, 2.24) is 10.2 Å². The van der Waals surface area contributed by atoms with Crippen molar-refractivity contribution >= 4 is 11.7 Å². The van der Waals surface area contributed by atoms with Gasteiger partial charge >= 0.3 is 6.03 Å². The van der Waals surface area contributed by atoms with Gasteiger partial charge in [-0.05, 0) is 68.2 Å². The van der Waals surface area contributed by atoms with E-state index in [1.165, 1.54) is 17.7 Å². The molecule has 2 aromatic carbocycles. The number of hydrogen-bond donors (Lipinski definition) is 2. The number of ether oxygens (including phenoxy) is 1. The molecule has 5 nitrogen and oxygen atoms in total. The van der Waals surface area contributed by atoms with Gasteiger partial charge in [0.05, 0.1) is 7.11 Å². The molecule has 0 bridgehead atoms. The van der Waals surface area contributed by atoms with E-state index in [4.69, 9.17) is 4.74 Å². The fourth-order valence-electron chi connectivity index (χ4n) is 3.77. The van der Waals surface area contributed by atoms with Gasteiger partial charge in [0.15, 0.2) is 0 Å². The number of nitrogens with zero attached hydrogens (tertiary/aromatic N) is 1. The number of piperidine rings is 1. The van der Waals surface area contributed by atoms with Gasteiger partial charge < -0.3 is 15.4 Å². The Morgan fingerprint density at radius 2 is 2.04 bits per heavy atom. The molecule has 0 aromatic heterocycles. The average molecular weight is 371 g/mol. The summed E-state index contributed by atoms with van der Waals surface area (Å²) in [5.74, 6) is 0.762. The number of hydrogen-bond acceptors (Lipinski definition) is 3. The molecule has 2 unspecified atom stereocenters. The van der Waals surface area contributed by atoms with Gasteiger partial charge in [-0.15, -0.1) is 0 Å². The lowest BCUT2D eigenvalue weighted by Gasteiger charge is -2.39. The lowest BCUT2D eigenvalue weighted by atomic mass is 9.85. The van der Waals surface area contributed by atoms with E-state index >= 15 is 0 Å². The fourth-order valence-corrected chi connectivity index (χ4v) is 3.77. The maximum Gasteiger partial charge on any atom is 0.319 e. The van der Waals surface area contributed by atoms with E-state index in [1.54, 1.807) is 19.2 Å². The molecule has 1 fully saturated rings. The molecule has 0 saturated carbocycles. The number of rotatable bonds is 5. The van der Waals surface area contributed by atoms with Gasteiger partial charge in [-0.25, -0.2) is 9.18 Å². The molecule has 2 atom stereocenters. The number of likely N-dealkylation sites (tertiary alicyclic amines) is 1. The van der Waals surface area contributed by atoms with Crippen molar-refractivity contribution in [2.45, 2.75) is 18.9 Å². The topological polar surface area (TPSA) is 53.6 Å². The summed E-state index contributed by atoms with van der Waals surface area (Å²) >= 11 is 0. The van der Waals surface area contributed by atoms with Crippen LogP contribution in [-0.2, 0) is 0 Å². The highest BCUT2D eigenvalue weighted by Gasteiger charge is 2.30. The van der Waals surface area contributed by atoms with Gasteiger partial charge in [-0.3, -0.25) is 4.90 Å². The maximum atomic E-state index is 13.2. The third-order valence-corrected chi connectivity index (χ3v) is 5.07. The Kier molecular flexibility index (Phi) is 6.29. The van der Waals surface area contributed by atoms with Gasteiger partial charge in [-0.2, -0.15) is 0 Å². The number of urea groups is 1. The molecule has 3 rings (SSSR count). The standard InChI is InChI=1S/C21H26FN3O2/c1-25-12-4-5-16(20(25)15-8-10-19(27-2)11-9-15)14-23-21(26)24-18-7-3-6-17(22)13-18/h3,6-11,13,16,20H,4-5,12,14H2,1-2H3,(H2,23,24,26). The van der Waals surface area contributed by atoms with Crippen LogP contribution in [0.3, 0.4) is 0 Å². The summed E-state index contributed by atoms with van der Waals surface area (Å²) in [5.41, 5.74) is 1.66. The van der Waals surface area contributed by atoms with E-state index in [0.29, 0.717) is 18.2 Å². The zero-order valence-corrected chi connectivity index (χ0v) is 15.7. The normalized spacial score (nSPS) is 20.1. The summed E-state index contributed by atoms with van der Waals surface area (Å²) < 4.78 is 18.5. The van der Waals surface area contributed by atoms with Crippen molar-refractivity contribution in [3.8, 4) is 5.75 Å². The van der Waals surface area contributed by atoms with E-state index in [0.717, 1.165) is 25.1 Å². The zero-order valence-electron chi connectivity index (χ0n) is 15.7. The lowest BCUT2D eigenvalue weighted by molar-refractivity contribution is 0.121. The second-order valence-corrected chi connectivity index (χ2v) is 6.95. The van der Waals surface area contributed by atoms with Crippen molar-refractivity contribution in [3.05, 3.63) is 59.9 Å². The van der Waals surface area contributed by atoms with E-state index in [-0.39, 0.29) is 17.9 Å². The first-order valence-corrected chi connectivity index (χ1v) is 9.21. The second-order valence-electron chi connectivity index (χ2n) is 6.95. The Bertz CT molecular complexity index is 766. The van der Waals surface area contributed by atoms with Crippen LogP contribution in [0.4, 0.5) is 14.9 Å². The number of amides is 2. The highest BCUT2D eigenvalue weighted by atomic mass is 19.1. The summed E-state index contributed by atoms with van der Waals surface area (Å²) in [7, 11) is 3.78. The third-order valence-electron chi connectivity index (χ3n) is 5.07. The Morgan fingerprint density at radius 1 is 1.26 bits per heavy atom. The fraction of sp³-hybridized carbons (Fsp3) is 0.381. The van der Waals surface area contributed by atoms with Gasteiger partial charge in [0.2, 0.25) is 0 Å². The van der Waals surface area contributed by atoms with E-state index < -0.39 is 0 Å². The number of benzene rings is 2. The van der Waals surface area contributed by atoms with Gasteiger partial charge in [0.1, 0.15) is 11.6 Å². The molecule has 1 aliphatic heterocycles. The minimum absolute atomic E-state index is 0.235. The minimum Gasteiger partial charge on any atom is -0.497 e. The molecule has 1 heterocycles. The summed E-state index contributed by atoms with van der Waals surface area (Å²) in [6, 6.07) is 13.9. The van der Waals surface area contributed by atoms with Crippen molar-refractivity contribution in [1.29, 1.82) is 0 Å². The zero-order chi connectivity index (χ0) is 19.2. The van der Waals surface area contributed by atoms with Gasteiger partial charge in [-0.1, -0.05) is 18.2 Å². The smallest absolute Gasteiger partial charge is 0.319 e. The van der Waals surface area contributed by atoms with E-state index in [9.17, 15) is 9.18 Å². The van der Waals surface area contributed by atoms with Crippen LogP contribution < -0.4 is 15.4 Å². The SMILES string of the molecule is COc1ccc(C2C(CNC(=O)Nc3cccc(F)c3)CCCN2C)cc1. The Hall–Kier alpha value is -2.60. The first-order valence-electron chi connectivity index (χ1n) is 9.21. The molecule has 2 amide bonds. The Balaban J connectivity index is 1.63. The third kappa shape index (κ3) is 4.98. The van der Waals surface area contributed by atoms with Crippen LogP contribution in [-0.4, -0.2) is 38.2 Å². The Morgan fingerprint density at radius 3 is 2.74 bits per heavy atom. The van der Waals surface area contributed by atoms with Crippen molar-refractivity contribution < 1.29 is 13.9 Å². The number of methoxy groups -OCH3 is 1. The highest BCUT2D eigenvalue weighted by Crippen LogP contribution is 2.35. The van der Waals surface area contributed by atoms with Crippen LogP contribution in [0.15, 0.2) is 48.5 Å². The largest absolute Gasteiger partial charge is 0.497 e. The highest BCUT2D eigenvalue weighted by molar-refractivity contribution is 5.89. The van der Waals surface area contributed by atoms with Gasteiger partial charge in [0, 0.05) is 18.3 Å². The van der Waals surface area contributed by atoms with Gasteiger partial charge in [0.25, 0.3) is 0 Å². The number of carbonyl (C=O) groups is 1. The summed E-state index contributed by atoms with van der Waals surface area (Å²) in [6.45, 7) is 1.59. The molecule has 2 aromatic rings. The summed E-state index contributed by atoms with van der Waals surface area (Å²) in [4.78, 5) is 14.5. The minimum atomic E-state index is -0.374. The van der Waals surface area contributed by atoms with E-state index in [2.05, 4.69) is 34.7 Å². The number of nitrogens with one attached hydrogen (secondary N) is 2. The Labute approximate surface area is 159 Å². The lowest BCUT2D eigenvalue weighted by Crippen LogP contribution is -2.42. The number of halogens is 1. The first-order chi connectivity index (χ1) is 13.1. The average Bonchev–Trinajstić information content (AvgIpc) is 2.66. The number of anilines is 1. The quantitative estimate of drug-likeness (QED) is 0.834. The molecular formula is C21H26FN3O2. The van der Waals surface area contributed by atoms with Crippen LogP contribution in [0.2, 0.25) is 0 Å². The predicted octanol–water partition coefficient (Wildman–Crippen LogP) is 4.04. The summed E-state index contributed by atoms with van der Waals surface area (Å²) in [6.07, 6.45) is 2.14. The van der Waals surface area contributed by atoms with Crippen LogP contribution >= 0.6 is 0 Å². The van der Waals surface area contributed by atoms with Crippen LogP contribution in [0, 0.1) is 11.7 Å². The summed E-state index contributed by atoms with van der Waals surface area (Å²) in [5, 5.41) is 5.62. The molecule has 144 valence electrons. The molecule has 2 N–H and O–H groups in total. The van der Waals surface area contributed by atoms with Crippen LogP contribution in [0.5, 0.6) is 5.75 Å². The predicted molar refractivity (Wildman–Crippen MR) is 105 cm³/mol. The van der Waals surface area contributed by atoms with Crippen molar-refractivity contribution in [3.63, 3.8) is 0 Å². The molecule has 1 saturated heterocycles. The van der Waals surface area contributed by atoms with Crippen LogP contribution in [0.25, 0.3) is 0 Å². The molecular weight excluding hydrogens is 345 g/mol. The maximum absolute atomic E-state index is 13.2. The van der Waals surface area contributed by atoms with Crippen LogP contribution in [0.1, 0.15) is 24.4 Å². The first kappa shape index (κ1) is 19.2. The number of carbonyl (C=O) groups excluding carboxylic acids is 1. The molecule has 0 aliphatic carbocycles. The van der Waals surface area contributed by atoms with Crippen molar-refractivity contribution in [2.24, 2.45) is 5.92 Å². The monoisotopic (exact) mass is 371 g/mol. The van der Waals surface area contributed by atoms with Crippen molar-refractivity contribution in [2.75, 3.05) is 32.6 Å².